The van der Waals surface area contributed by atoms with Crippen LogP contribution in [0.25, 0.3) is 0 Å². The molecule has 2 amide bonds. The number of fused-ring (bicyclic) bond motifs is 1. The van der Waals surface area contributed by atoms with Gasteiger partial charge in [-0.2, -0.15) is 13.2 Å². The highest BCUT2D eigenvalue weighted by molar-refractivity contribution is 5.88. The van der Waals surface area contributed by atoms with Gasteiger partial charge >= 0.3 is 6.18 Å². The van der Waals surface area contributed by atoms with E-state index in [9.17, 15) is 22.8 Å². The molecule has 4 rings (SSSR count). The fraction of sp³-hybridized carbons (Fsp3) is 0.292. The van der Waals surface area contributed by atoms with Crippen molar-refractivity contribution in [3.05, 3.63) is 82.9 Å². The van der Waals surface area contributed by atoms with E-state index in [0.29, 0.717) is 30.8 Å². The number of carbonyl (C=O) groups excluding carboxylic acids is 2. The first-order valence-corrected chi connectivity index (χ1v) is 10.7. The van der Waals surface area contributed by atoms with Crippen LogP contribution in [-0.4, -0.2) is 32.7 Å². The number of alkyl halides is 3. The molecule has 2 aromatic carbocycles. The molecule has 0 aliphatic carbocycles. The SMILES string of the molecule is CC(=O)Nc1ccc(CN2Cc3[nH]cnc3CC2C(=O)NCc2ccc(C(F)(F)F)cc2)cc1. The number of halogens is 3. The van der Waals surface area contributed by atoms with E-state index >= 15 is 0 Å². The van der Waals surface area contributed by atoms with E-state index in [1.807, 2.05) is 29.2 Å². The molecular formula is C24H24F3N5O2. The van der Waals surface area contributed by atoms with E-state index in [4.69, 9.17) is 0 Å². The van der Waals surface area contributed by atoms with Crippen molar-refractivity contribution in [1.29, 1.82) is 0 Å². The van der Waals surface area contributed by atoms with Crippen LogP contribution in [0.3, 0.4) is 0 Å². The zero-order valence-electron chi connectivity index (χ0n) is 18.4. The van der Waals surface area contributed by atoms with Gasteiger partial charge in [0, 0.05) is 38.7 Å². The lowest BCUT2D eigenvalue weighted by molar-refractivity contribution is -0.137. The van der Waals surface area contributed by atoms with Gasteiger partial charge in [0.15, 0.2) is 0 Å². The molecule has 0 radical (unpaired) electrons. The van der Waals surface area contributed by atoms with Gasteiger partial charge < -0.3 is 15.6 Å². The number of rotatable bonds is 6. The van der Waals surface area contributed by atoms with Crippen LogP contribution in [0.4, 0.5) is 18.9 Å². The average molecular weight is 471 g/mol. The van der Waals surface area contributed by atoms with Gasteiger partial charge in [0.05, 0.1) is 29.3 Å². The summed E-state index contributed by atoms with van der Waals surface area (Å²) in [4.78, 5) is 33.8. The van der Waals surface area contributed by atoms with Crippen molar-refractivity contribution in [3.8, 4) is 0 Å². The third-order valence-electron chi connectivity index (χ3n) is 5.71. The quantitative estimate of drug-likeness (QED) is 0.512. The standard InChI is InChI=1S/C24H24F3N5O2/c1-15(33)31-19-8-4-17(5-9-19)12-32-13-21-20(29-14-30-21)10-22(32)23(34)28-11-16-2-6-18(7-3-16)24(25,26)27/h2-9,14,22H,10-13H2,1H3,(H,28,34)(H,29,30)(H,31,33). The van der Waals surface area contributed by atoms with Crippen LogP contribution in [0.2, 0.25) is 0 Å². The van der Waals surface area contributed by atoms with E-state index < -0.39 is 17.8 Å². The molecule has 10 heteroatoms. The highest BCUT2D eigenvalue weighted by atomic mass is 19.4. The summed E-state index contributed by atoms with van der Waals surface area (Å²) in [5.41, 5.74) is 3.29. The Bertz CT molecular complexity index is 1160. The van der Waals surface area contributed by atoms with Crippen LogP contribution >= 0.6 is 0 Å². The number of carbonyl (C=O) groups is 2. The number of nitrogens with zero attached hydrogens (tertiary/aromatic N) is 2. The van der Waals surface area contributed by atoms with E-state index in [-0.39, 0.29) is 18.4 Å². The summed E-state index contributed by atoms with van der Waals surface area (Å²) in [6, 6.07) is 11.7. The van der Waals surface area contributed by atoms with Gasteiger partial charge in [-0.05, 0) is 35.4 Å². The second-order valence-electron chi connectivity index (χ2n) is 8.24. The molecule has 178 valence electrons. The van der Waals surface area contributed by atoms with Gasteiger partial charge in [-0.1, -0.05) is 24.3 Å². The van der Waals surface area contributed by atoms with Gasteiger partial charge in [-0.3, -0.25) is 14.5 Å². The fourth-order valence-electron chi connectivity index (χ4n) is 3.96. The Kier molecular flexibility index (Phi) is 6.69. The third-order valence-corrected chi connectivity index (χ3v) is 5.71. The minimum Gasteiger partial charge on any atom is -0.351 e. The summed E-state index contributed by atoms with van der Waals surface area (Å²) < 4.78 is 38.3. The summed E-state index contributed by atoms with van der Waals surface area (Å²) in [6.45, 7) is 2.57. The van der Waals surface area contributed by atoms with Gasteiger partial charge in [0.25, 0.3) is 0 Å². The van der Waals surface area contributed by atoms with E-state index in [0.717, 1.165) is 29.1 Å². The Balaban J connectivity index is 1.44. The molecular weight excluding hydrogens is 447 g/mol. The lowest BCUT2D eigenvalue weighted by Crippen LogP contribution is -2.49. The Labute approximate surface area is 194 Å². The third kappa shape index (κ3) is 5.63. The van der Waals surface area contributed by atoms with Crippen LogP contribution in [0.5, 0.6) is 0 Å². The number of anilines is 1. The van der Waals surface area contributed by atoms with Crippen molar-refractivity contribution in [2.24, 2.45) is 0 Å². The van der Waals surface area contributed by atoms with Crippen LogP contribution in [0.1, 0.15) is 35.0 Å². The van der Waals surface area contributed by atoms with Gasteiger partial charge in [-0.15, -0.1) is 0 Å². The first-order chi connectivity index (χ1) is 16.2. The summed E-state index contributed by atoms with van der Waals surface area (Å²) in [6.07, 6.45) is -2.37. The molecule has 1 aliphatic heterocycles. The second kappa shape index (κ2) is 9.68. The van der Waals surface area contributed by atoms with Crippen LogP contribution < -0.4 is 10.6 Å². The normalized spacial score (nSPS) is 16.1. The first-order valence-electron chi connectivity index (χ1n) is 10.7. The minimum absolute atomic E-state index is 0.125. The molecule has 1 aliphatic rings. The van der Waals surface area contributed by atoms with Crippen molar-refractivity contribution < 1.29 is 22.8 Å². The van der Waals surface area contributed by atoms with Crippen LogP contribution in [-0.2, 0) is 41.8 Å². The monoisotopic (exact) mass is 471 g/mol. The average Bonchev–Trinajstić information content (AvgIpc) is 3.25. The van der Waals surface area contributed by atoms with E-state index in [1.165, 1.54) is 19.1 Å². The number of nitrogens with one attached hydrogen (secondary N) is 3. The molecule has 34 heavy (non-hydrogen) atoms. The maximum absolute atomic E-state index is 13.1. The molecule has 0 saturated heterocycles. The summed E-state index contributed by atoms with van der Waals surface area (Å²) in [5, 5.41) is 5.57. The van der Waals surface area contributed by atoms with Crippen molar-refractivity contribution in [1.82, 2.24) is 20.2 Å². The number of imidazole rings is 1. The number of benzene rings is 2. The molecule has 7 nitrogen and oxygen atoms in total. The molecule has 0 bridgehead atoms. The number of aromatic amines is 1. The molecule has 1 unspecified atom stereocenters. The number of amides is 2. The maximum atomic E-state index is 13.1. The molecule has 2 heterocycles. The molecule has 1 atom stereocenters. The van der Waals surface area contributed by atoms with Gasteiger partial charge in [-0.25, -0.2) is 4.98 Å². The Morgan fingerprint density at radius 3 is 2.41 bits per heavy atom. The van der Waals surface area contributed by atoms with Crippen molar-refractivity contribution in [2.45, 2.75) is 45.2 Å². The van der Waals surface area contributed by atoms with E-state index in [2.05, 4.69) is 20.6 Å². The fourth-order valence-corrected chi connectivity index (χ4v) is 3.96. The zero-order chi connectivity index (χ0) is 24.3. The Morgan fingerprint density at radius 1 is 1.09 bits per heavy atom. The maximum Gasteiger partial charge on any atom is 0.416 e. The smallest absolute Gasteiger partial charge is 0.351 e. The highest BCUT2D eigenvalue weighted by Gasteiger charge is 2.33. The van der Waals surface area contributed by atoms with Crippen molar-refractivity contribution >= 4 is 17.5 Å². The van der Waals surface area contributed by atoms with E-state index in [1.54, 1.807) is 6.33 Å². The van der Waals surface area contributed by atoms with Gasteiger partial charge in [0.1, 0.15) is 0 Å². The molecule has 0 spiro atoms. The van der Waals surface area contributed by atoms with Crippen LogP contribution in [0, 0.1) is 0 Å². The Hall–Kier alpha value is -3.66. The van der Waals surface area contributed by atoms with Gasteiger partial charge in [0.2, 0.25) is 11.8 Å². The number of H-pyrrole nitrogens is 1. The Morgan fingerprint density at radius 2 is 1.76 bits per heavy atom. The number of hydrogen-bond donors (Lipinski definition) is 3. The molecule has 0 fully saturated rings. The largest absolute Gasteiger partial charge is 0.416 e. The molecule has 3 N–H and O–H groups in total. The predicted octanol–water partition coefficient (Wildman–Crippen LogP) is 3.63. The number of aromatic nitrogens is 2. The molecule has 1 aromatic heterocycles. The first kappa shape index (κ1) is 23.5. The minimum atomic E-state index is -4.40. The molecule has 3 aromatic rings. The zero-order valence-corrected chi connectivity index (χ0v) is 18.4. The predicted molar refractivity (Wildman–Crippen MR) is 119 cm³/mol. The topological polar surface area (TPSA) is 90.1 Å². The number of hydrogen-bond acceptors (Lipinski definition) is 4. The second-order valence-corrected chi connectivity index (χ2v) is 8.24. The summed E-state index contributed by atoms with van der Waals surface area (Å²) in [7, 11) is 0. The van der Waals surface area contributed by atoms with Crippen molar-refractivity contribution in [3.63, 3.8) is 0 Å². The summed E-state index contributed by atoms with van der Waals surface area (Å²) in [5.74, 6) is -0.372. The lowest BCUT2D eigenvalue weighted by Gasteiger charge is -2.34. The lowest BCUT2D eigenvalue weighted by atomic mass is 10.0. The van der Waals surface area contributed by atoms with Crippen LogP contribution in [0.15, 0.2) is 54.9 Å². The molecule has 0 saturated carbocycles. The summed E-state index contributed by atoms with van der Waals surface area (Å²) >= 11 is 0. The highest BCUT2D eigenvalue weighted by Crippen LogP contribution is 2.29. The van der Waals surface area contributed by atoms with Crippen molar-refractivity contribution in [2.75, 3.05) is 5.32 Å².